The van der Waals surface area contributed by atoms with E-state index in [1.165, 1.54) is 6.92 Å². The highest BCUT2D eigenvalue weighted by Crippen LogP contribution is 2.48. The lowest BCUT2D eigenvalue weighted by molar-refractivity contribution is -0.140. The maximum atomic E-state index is 12.9. The second kappa shape index (κ2) is 10.1. The highest BCUT2D eigenvalue weighted by molar-refractivity contribution is 7.58. The Labute approximate surface area is 163 Å². The van der Waals surface area contributed by atoms with Gasteiger partial charge in [0.15, 0.2) is 0 Å². The Balaban J connectivity index is 2.09. The molecule has 0 saturated heterocycles. The molecule has 0 saturated carbocycles. The Kier molecular flexibility index (Phi) is 7.79. The van der Waals surface area contributed by atoms with E-state index in [0.717, 1.165) is 11.1 Å². The molecule has 0 aromatic heterocycles. The van der Waals surface area contributed by atoms with Crippen LogP contribution in [0.25, 0.3) is 0 Å². The van der Waals surface area contributed by atoms with Gasteiger partial charge in [0.25, 0.3) is 0 Å². The van der Waals surface area contributed by atoms with E-state index < -0.39 is 37.3 Å². The van der Waals surface area contributed by atoms with Crippen molar-refractivity contribution in [2.45, 2.75) is 25.7 Å². The number of ether oxygens (including phenoxy) is 1. The van der Waals surface area contributed by atoms with Crippen molar-refractivity contribution < 1.29 is 28.9 Å². The lowest BCUT2D eigenvalue weighted by atomic mass is 10.1. The maximum Gasteiger partial charge on any atom is 0.408 e. The fourth-order valence-corrected chi connectivity index (χ4v) is 4.63. The number of hydrogen-bond donors (Lipinski definition) is 3. The molecule has 0 spiro atoms. The zero-order valence-corrected chi connectivity index (χ0v) is 16.4. The number of aliphatic carboxylic acids is 1. The summed E-state index contributed by atoms with van der Waals surface area (Å²) in [5.41, 5.74) is 1.53. The van der Waals surface area contributed by atoms with Gasteiger partial charge in [0.2, 0.25) is 7.37 Å². The first-order valence-corrected chi connectivity index (χ1v) is 10.7. The number of carbonyl (C=O) groups is 2. The van der Waals surface area contributed by atoms with Crippen molar-refractivity contribution >= 4 is 19.4 Å². The Morgan fingerprint density at radius 3 is 2.11 bits per heavy atom. The van der Waals surface area contributed by atoms with Crippen LogP contribution in [0.4, 0.5) is 4.79 Å². The highest BCUT2D eigenvalue weighted by Gasteiger charge is 2.36. The van der Waals surface area contributed by atoms with Crippen LogP contribution in [-0.2, 0) is 27.1 Å². The van der Waals surface area contributed by atoms with Gasteiger partial charge in [0, 0.05) is 12.6 Å². The number of rotatable bonds is 9. The normalized spacial score (nSPS) is 15.1. The summed E-state index contributed by atoms with van der Waals surface area (Å²) < 4.78 is 18.0. The summed E-state index contributed by atoms with van der Waals surface area (Å²) in [5.74, 6) is -3.34. The van der Waals surface area contributed by atoms with Crippen LogP contribution in [0.15, 0.2) is 60.7 Å². The van der Waals surface area contributed by atoms with Gasteiger partial charge in [0.1, 0.15) is 12.4 Å². The Morgan fingerprint density at radius 2 is 1.57 bits per heavy atom. The van der Waals surface area contributed by atoms with Gasteiger partial charge >= 0.3 is 12.1 Å². The molecule has 2 rings (SSSR count). The van der Waals surface area contributed by atoms with E-state index in [1.54, 1.807) is 36.4 Å². The van der Waals surface area contributed by atoms with Crippen LogP contribution < -0.4 is 5.32 Å². The molecule has 1 amide bonds. The molecular weight excluding hydrogens is 381 g/mol. The third-order valence-corrected chi connectivity index (χ3v) is 6.57. The zero-order chi connectivity index (χ0) is 20.6. The number of carbonyl (C=O) groups excluding carboxylic acids is 1. The molecule has 3 unspecified atom stereocenters. The predicted octanol–water partition coefficient (Wildman–Crippen LogP) is 3.47. The number of carboxylic acids is 1. The number of alkyl carbamates (subject to hydrolysis) is 1. The molecule has 7 nitrogen and oxygen atoms in total. The standard InChI is InChI=1S/C20H24NO6P/c1-15(19(22)23)14-28(25,26)18(12-16-8-4-2-5-9-16)21-20(24)27-13-17-10-6-3-7-11-17/h2-11,15,18H,12-14H2,1H3,(H,21,24)(H,22,23)(H,25,26). The molecule has 0 fully saturated rings. The second-order valence-electron chi connectivity index (χ2n) is 6.59. The molecule has 0 bridgehead atoms. The van der Waals surface area contributed by atoms with Crippen LogP contribution in [0.5, 0.6) is 0 Å². The van der Waals surface area contributed by atoms with E-state index in [1.807, 2.05) is 24.3 Å². The van der Waals surface area contributed by atoms with Crippen molar-refractivity contribution in [2.24, 2.45) is 5.92 Å². The molecule has 2 aromatic carbocycles. The predicted molar refractivity (Wildman–Crippen MR) is 105 cm³/mol. The van der Waals surface area contributed by atoms with Gasteiger partial charge in [0.05, 0.1) is 5.92 Å². The Hall–Kier alpha value is -2.63. The first-order valence-electron chi connectivity index (χ1n) is 8.83. The number of amides is 1. The average Bonchev–Trinajstić information content (AvgIpc) is 2.67. The monoisotopic (exact) mass is 405 g/mol. The van der Waals surface area contributed by atoms with Crippen LogP contribution >= 0.6 is 7.37 Å². The van der Waals surface area contributed by atoms with E-state index >= 15 is 0 Å². The minimum absolute atomic E-state index is 0.0198. The van der Waals surface area contributed by atoms with Crippen molar-refractivity contribution in [1.29, 1.82) is 0 Å². The highest BCUT2D eigenvalue weighted by atomic mass is 31.2. The van der Waals surface area contributed by atoms with Crippen molar-refractivity contribution in [3.63, 3.8) is 0 Å². The molecule has 0 aliphatic carbocycles. The summed E-state index contributed by atoms with van der Waals surface area (Å²) in [7, 11) is -4.02. The zero-order valence-electron chi connectivity index (χ0n) is 15.5. The first-order chi connectivity index (χ1) is 13.3. The van der Waals surface area contributed by atoms with E-state index in [4.69, 9.17) is 9.84 Å². The minimum atomic E-state index is -4.02. The topological polar surface area (TPSA) is 113 Å². The minimum Gasteiger partial charge on any atom is -0.481 e. The SMILES string of the molecule is CC(CP(=O)(O)C(Cc1ccccc1)NC(=O)OCc1ccccc1)C(=O)O. The molecule has 0 heterocycles. The third-order valence-electron chi connectivity index (χ3n) is 4.21. The van der Waals surface area contributed by atoms with Gasteiger partial charge in [-0.3, -0.25) is 9.36 Å². The van der Waals surface area contributed by atoms with Gasteiger partial charge < -0.3 is 20.1 Å². The summed E-state index contributed by atoms with van der Waals surface area (Å²) in [4.78, 5) is 33.8. The quantitative estimate of drug-likeness (QED) is 0.551. The summed E-state index contributed by atoms with van der Waals surface area (Å²) >= 11 is 0. The average molecular weight is 405 g/mol. The smallest absolute Gasteiger partial charge is 0.408 e. The summed E-state index contributed by atoms with van der Waals surface area (Å²) in [5, 5.41) is 11.5. The van der Waals surface area contributed by atoms with Crippen LogP contribution in [0, 0.1) is 5.92 Å². The number of benzene rings is 2. The molecule has 8 heteroatoms. The first kappa shape index (κ1) is 21.7. The van der Waals surface area contributed by atoms with Crippen LogP contribution in [0.3, 0.4) is 0 Å². The van der Waals surface area contributed by atoms with Crippen molar-refractivity contribution in [2.75, 3.05) is 6.16 Å². The molecule has 3 atom stereocenters. The summed E-state index contributed by atoms with van der Waals surface area (Å²) in [6.07, 6.45) is -1.19. The summed E-state index contributed by atoms with van der Waals surface area (Å²) in [6.45, 7) is 1.38. The number of hydrogen-bond acceptors (Lipinski definition) is 4. The number of nitrogens with one attached hydrogen (secondary N) is 1. The fourth-order valence-electron chi connectivity index (χ4n) is 2.63. The number of carboxylic acid groups (broad SMARTS) is 1. The lowest BCUT2D eigenvalue weighted by Crippen LogP contribution is -2.38. The van der Waals surface area contributed by atoms with E-state index in [0.29, 0.717) is 0 Å². The maximum absolute atomic E-state index is 12.9. The van der Waals surface area contributed by atoms with Gasteiger partial charge in [-0.25, -0.2) is 4.79 Å². The van der Waals surface area contributed by atoms with Gasteiger partial charge in [-0.2, -0.15) is 0 Å². The molecule has 28 heavy (non-hydrogen) atoms. The second-order valence-corrected chi connectivity index (χ2v) is 9.09. The van der Waals surface area contributed by atoms with Crippen molar-refractivity contribution in [1.82, 2.24) is 5.32 Å². The van der Waals surface area contributed by atoms with Gasteiger partial charge in [-0.1, -0.05) is 67.6 Å². The van der Waals surface area contributed by atoms with Gasteiger partial charge in [-0.05, 0) is 11.1 Å². The molecule has 0 radical (unpaired) electrons. The molecule has 2 aromatic rings. The molecule has 0 aliphatic rings. The van der Waals surface area contributed by atoms with Crippen molar-refractivity contribution in [3.8, 4) is 0 Å². The molecule has 150 valence electrons. The van der Waals surface area contributed by atoms with E-state index in [2.05, 4.69) is 5.32 Å². The van der Waals surface area contributed by atoms with Crippen LogP contribution in [-0.4, -0.2) is 34.0 Å². The fraction of sp³-hybridized carbons (Fsp3) is 0.300. The van der Waals surface area contributed by atoms with E-state index in [9.17, 15) is 19.0 Å². The Bertz CT molecular complexity index is 827. The van der Waals surface area contributed by atoms with Crippen LogP contribution in [0.2, 0.25) is 0 Å². The Morgan fingerprint density at radius 1 is 1.04 bits per heavy atom. The third kappa shape index (κ3) is 6.83. The summed E-state index contributed by atoms with van der Waals surface area (Å²) in [6, 6.07) is 17.9. The van der Waals surface area contributed by atoms with Crippen molar-refractivity contribution in [3.05, 3.63) is 71.8 Å². The molecular formula is C20H24NO6P. The van der Waals surface area contributed by atoms with E-state index in [-0.39, 0.29) is 13.0 Å². The largest absolute Gasteiger partial charge is 0.481 e. The van der Waals surface area contributed by atoms with Gasteiger partial charge in [-0.15, -0.1) is 0 Å². The lowest BCUT2D eigenvalue weighted by Gasteiger charge is -2.25. The van der Waals surface area contributed by atoms with Crippen LogP contribution in [0.1, 0.15) is 18.1 Å². The molecule has 3 N–H and O–H groups in total. The molecule has 0 aliphatic heterocycles.